The second-order valence-corrected chi connectivity index (χ2v) is 4.83. The predicted octanol–water partition coefficient (Wildman–Crippen LogP) is 1.27. The zero-order valence-corrected chi connectivity index (χ0v) is 12.1. The maximum Gasteiger partial charge on any atom is 0.225 e. The Labute approximate surface area is 116 Å². The molecule has 94 valence electrons. The van der Waals surface area contributed by atoms with Crippen molar-refractivity contribution in [3.8, 4) is 0 Å². The van der Waals surface area contributed by atoms with Gasteiger partial charge in [0.05, 0.1) is 6.61 Å². The van der Waals surface area contributed by atoms with E-state index in [2.05, 4.69) is 19.8 Å². The molecule has 0 N–H and O–H groups in total. The van der Waals surface area contributed by atoms with Crippen molar-refractivity contribution in [2.24, 2.45) is 0 Å². The summed E-state index contributed by atoms with van der Waals surface area (Å²) in [6.07, 6.45) is 3.75. The van der Waals surface area contributed by atoms with Crippen LogP contribution in [0.1, 0.15) is 5.56 Å². The van der Waals surface area contributed by atoms with Gasteiger partial charge in [-0.25, -0.2) is 9.97 Å². The number of aryl methyl sites for hydroxylation is 1. The summed E-state index contributed by atoms with van der Waals surface area (Å²) in [7, 11) is 0. The number of rotatable bonds is 4. The molecule has 1 fully saturated rings. The molecule has 1 aromatic rings. The highest BCUT2D eigenvalue weighted by Gasteiger charge is 2.18. The van der Waals surface area contributed by atoms with Crippen molar-refractivity contribution < 1.29 is 3.07 Å². The molecule has 0 bridgehead atoms. The lowest BCUT2D eigenvalue weighted by Gasteiger charge is -2.34. The van der Waals surface area contributed by atoms with E-state index in [0.717, 1.165) is 50.8 Å². The van der Waals surface area contributed by atoms with Crippen LogP contribution in [-0.4, -0.2) is 54.2 Å². The monoisotopic (exact) mass is 348 g/mol. The minimum absolute atomic E-state index is 0.793. The summed E-state index contributed by atoms with van der Waals surface area (Å²) >= 11 is 1.94. The maximum absolute atomic E-state index is 5.06. The number of aromatic nitrogens is 2. The maximum atomic E-state index is 5.06. The number of piperazine rings is 1. The summed E-state index contributed by atoms with van der Waals surface area (Å²) in [6.45, 7) is 7.89. The predicted molar refractivity (Wildman–Crippen MR) is 75.4 cm³/mol. The van der Waals surface area contributed by atoms with Gasteiger partial charge in [-0.2, -0.15) is 0 Å². The van der Waals surface area contributed by atoms with E-state index < -0.39 is 0 Å². The number of hydrogen-bond acceptors (Lipinski definition) is 5. The van der Waals surface area contributed by atoms with E-state index >= 15 is 0 Å². The average molecular weight is 348 g/mol. The van der Waals surface area contributed by atoms with Crippen LogP contribution in [0.15, 0.2) is 12.4 Å². The molecule has 2 heterocycles. The first kappa shape index (κ1) is 13.0. The van der Waals surface area contributed by atoms with E-state index in [1.807, 2.05) is 42.3 Å². The summed E-state index contributed by atoms with van der Waals surface area (Å²) in [5.41, 5.74) is 1.10. The van der Waals surface area contributed by atoms with Gasteiger partial charge in [0.15, 0.2) is 0 Å². The lowest BCUT2D eigenvalue weighted by Crippen LogP contribution is -2.47. The highest BCUT2D eigenvalue weighted by atomic mass is 127. The number of nitrogens with zero attached hydrogens (tertiary/aromatic N) is 4. The second kappa shape index (κ2) is 6.46. The second-order valence-electron chi connectivity index (χ2n) is 4.20. The van der Waals surface area contributed by atoms with E-state index in [4.69, 9.17) is 3.07 Å². The largest absolute Gasteiger partial charge is 0.338 e. The molecule has 0 radical (unpaired) electrons. The van der Waals surface area contributed by atoms with Crippen LogP contribution < -0.4 is 4.90 Å². The van der Waals surface area contributed by atoms with E-state index in [0.29, 0.717) is 0 Å². The van der Waals surface area contributed by atoms with Crippen LogP contribution in [0.5, 0.6) is 0 Å². The normalized spacial score (nSPS) is 17.4. The Morgan fingerprint density at radius 2 is 1.88 bits per heavy atom. The third kappa shape index (κ3) is 3.75. The van der Waals surface area contributed by atoms with Gasteiger partial charge in [-0.05, 0) is 12.5 Å². The smallest absolute Gasteiger partial charge is 0.225 e. The van der Waals surface area contributed by atoms with Gasteiger partial charge in [0.25, 0.3) is 0 Å². The fraction of sp³-hybridized carbons (Fsp3) is 0.636. The third-order valence-corrected chi connectivity index (χ3v) is 3.35. The van der Waals surface area contributed by atoms with E-state index in [1.165, 1.54) is 0 Å². The molecule has 6 heteroatoms. The molecule has 1 aliphatic rings. The van der Waals surface area contributed by atoms with Crippen molar-refractivity contribution in [2.45, 2.75) is 6.92 Å². The number of hydrogen-bond donors (Lipinski definition) is 0. The molecular weight excluding hydrogens is 331 g/mol. The zero-order chi connectivity index (χ0) is 12.1. The van der Waals surface area contributed by atoms with Crippen molar-refractivity contribution >= 4 is 29.0 Å². The Kier molecular flexibility index (Phi) is 4.93. The SMILES string of the molecule is Cc1cnc(N2CCN(CCOI)CC2)nc1. The Morgan fingerprint density at radius 3 is 2.47 bits per heavy atom. The van der Waals surface area contributed by atoms with Crippen molar-refractivity contribution in [2.75, 3.05) is 44.2 Å². The lowest BCUT2D eigenvalue weighted by molar-refractivity contribution is 0.224. The van der Waals surface area contributed by atoms with Gasteiger partial charge < -0.3 is 7.97 Å². The molecule has 1 saturated heterocycles. The summed E-state index contributed by atoms with van der Waals surface area (Å²) in [5, 5.41) is 0. The molecule has 0 atom stereocenters. The van der Waals surface area contributed by atoms with Crippen LogP contribution in [0, 0.1) is 6.92 Å². The molecule has 0 saturated carbocycles. The highest BCUT2D eigenvalue weighted by molar-refractivity contribution is 14.1. The summed E-state index contributed by atoms with van der Waals surface area (Å²) in [6, 6.07) is 0. The molecule has 0 aromatic carbocycles. The highest BCUT2D eigenvalue weighted by Crippen LogP contribution is 2.10. The van der Waals surface area contributed by atoms with Crippen molar-refractivity contribution in [3.63, 3.8) is 0 Å². The third-order valence-electron chi connectivity index (χ3n) is 2.91. The van der Waals surface area contributed by atoms with E-state index in [1.54, 1.807) is 0 Å². The molecule has 0 aliphatic carbocycles. The molecule has 1 aromatic heterocycles. The summed E-state index contributed by atoms with van der Waals surface area (Å²) in [4.78, 5) is 13.4. The Balaban J connectivity index is 1.84. The Bertz CT molecular complexity index is 338. The summed E-state index contributed by atoms with van der Waals surface area (Å²) < 4.78 is 5.06. The number of anilines is 1. The van der Waals surface area contributed by atoms with Crippen molar-refractivity contribution in [1.29, 1.82) is 0 Å². The molecule has 2 rings (SSSR count). The van der Waals surface area contributed by atoms with Crippen LogP contribution in [0.25, 0.3) is 0 Å². The van der Waals surface area contributed by atoms with Gasteiger partial charge in [-0.1, -0.05) is 0 Å². The van der Waals surface area contributed by atoms with Crippen LogP contribution in [-0.2, 0) is 3.07 Å². The minimum Gasteiger partial charge on any atom is -0.338 e. The standard InChI is InChI=1S/C11H17IN4O/c1-10-8-13-11(14-9-10)16-4-2-15(3-5-16)6-7-17-12/h8-9H,2-7H2,1H3. The number of halogens is 1. The van der Waals surface area contributed by atoms with Crippen LogP contribution in [0.2, 0.25) is 0 Å². The van der Waals surface area contributed by atoms with Crippen molar-refractivity contribution in [3.05, 3.63) is 18.0 Å². The van der Waals surface area contributed by atoms with E-state index in [-0.39, 0.29) is 0 Å². The molecule has 0 amide bonds. The van der Waals surface area contributed by atoms with Gasteiger partial charge in [-0.3, -0.25) is 4.90 Å². The first-order valence-corrected chi connectivity index (χ1v) is 6.67. The molecule has 1 aliphatic heterocycles. The topological polar surface area (TPSA) is 41.5 Å². The van der Waals surface area contributed by atoms with Crippen LogP contribution in [0.4, 0.5) is 5.95 Å². The molecule has 0 spiro atoms. The first-order chi connectivity index (χ1) is 8.29. The molecular formula is C11H17IN4O. The van der Waals surface area contributed by atoms with E-state index in [9.17, 15) is 0 Å². The lowest BCUT2D eigenvalue weighted by atomic mass is 10.3. The van der Waals surface area contributed by atoms with Gasteiger partial charge in [0, 0.05) is 45.1 Å². The summed E-state index contributed by atoms with van der Waals surface area (Å²) in [5.74, 6) is 0.848. The average Bonchev–Trinajstić information content (AvgIpc) is 2.38. The zero-order valence-electron chi connectivity index (χ0n) is 9.97. The fourth-order valence-corrected chi connectivity index (χ4v) is 2.08. The van der Waals surface area contributed by atoms with Crippen LogP contribution >= 0.6 is 23.0 Å². The Hall–Kier alpha value is -0.470. The van der Waals surface area contributed by atoms with Crippen molar-refractivity contribution in [1.82, 2.24) is 14.9 Å². The van der Waals surface area contributed by atoms with Gasteiger partial charge in [0.2, 0.25) is 5.95 Å². The van der Waals surface area contributed by atoms with Crippen LogP contribution in [0.3, 0.4) is 0 Å². The first-order valence-electron chi connectivity index (χ1n) is 5.79. The van der Waals surface area contributed by atoms with Gasteiger partial charge in [-0.15, -0.1) is 0 Å². The Morgan fingerprint density at radius 1 is 1.24 bits per heavy atom. The van der Waals surface area contributed by atoms with Gasteiger partial charge >= 0.3 is 0 Å². The van der Waals surface area contributed by atoms with Gasteiger partial charge in [0.1, 0.15) is 23.0 Å². The minimum atomic E-state index is 0.793. The molecule has 17 heavy (non-hydrogen) atoms. The molecule has 0 unspecified atom stereocenters. The molecule has 5 nitrogen and oxygen atoms in total. The fourth-order valence-electron chi connectivity index (χ4n) is 1.88. The quantitative estimate of drug-likeness (QED) is 0.767.